The first-order chi connectivity index (χ1) is 13.1. The minimum atomic E-state index is -4.26. The first-order valence-corrected chi connectivity index (χ1v) is 8.83. The van der Waals surface area contributed by atoms with Gasteiger partial charge in [0.15, 0.2) is 0 Å². The number of amides is 2. The largest absolute Gasteiger partial charge is 0.424 e. The van der Waals surface area contributed by atoms with Gasteiger partial charge in [0.2, 0.25) is 0 Å². The normalized spacial score (nSPS) is 19.2. The molecular formula is C19H21F3N4O2. The topological polar surface area (TPSA) is 67.4 Å². The summed E-state index contributed by atoms with van der Waals surface area (Å²) < 4.78 is 45.0. The van der Waals surface area contributed by atoms with Crippen LogP contribution < -0.4 is 10.1 Å². The fourth-order valence-electron chi connectivity index (χ4n) is 3.39. The zero-order chi connectivity index (χ0) is 20.4. The Hall–Kier alpha value is -2.84. The molecule has 1 N–H and O–H groups in total. The molecule has 0 spiro atoms. The summed E-state index contributed by atoms with van der Waals surface area (Å²) in [5.41, 5.74) is -0.525. The first-order valence-electron chi connectivity index (χ1n) is 8.83. The Bertz CT molecular complexity index is 810. The summed E-state index contributed by atoms with van der Waals surface area (Å²) in [7, 11) is 0. The van der Waals surface area contributed by atoms with E-state index in [0.29, 0.717) is 11.4 Å². The maximum atomic E-state index is 13.2. The zero-order valence-corrected chi connectivity index (χ0v) is 15.5. The number of nitrogens with zero attached hydrogens (tertiary/aromatic N) is 3. The molecule has 6 nitrogen and oxygen atoms in total. The lowest BCUT2D eigenvalue weighted by Crippen LogP contribution is -2.53. The van der Waals surface area contributed by atoms with Gasteiger partial charge in [-0.1, -0.05) is 13.8 Å². The summed E-state index contributed by atoms with van der Waals surface area (Å²) in [4.78, 5) is 21.8. The summed E-state index contributed by atoms with van der Waals surface area (Å²) in [5.74, 6) is -0.919. The van der Waals surface area contributed by atoms with Gasteiger partial charge < -0.3 is 15.0 Å². The second-order valence-corrected chi connectivity index (χ2v) is 7.38. The lowest BCUT2D eigenvalue weighted by Gasteiger charge is -2.44. The summed E-state index contributed by atoms with van der Waals surface area (Å²) in [5, 5.41) is 2.71. The van der Waals surface area contributed by atoms with Gasteiger partial charge in [-0.2, -0.15) is 13.2 Å². The van der Waals surface area contributed by atoms with Crippen LogP contribution in [0, 0.1) is 11.3 Å². The quantitative estimate of drug-likeness (QED) is 0.819. The molecule has 1 saturated heterocycles. The van der Waals surface area contributed by atoms with E-state index >= 15 is 0 Å². The second-order valence-electron chi connectivity index (χ2n) is 7.38. The number of alkyl halides is 3. The summed E-state index contributed by atoms with van der Waals surface area (Å²) >= 11 is 0. The van der Waals surface area contributed by atoms with E-state index in [1.165, 1.54) is 4.90 Å². The molecule has 0 radical (unpaired) electrons. The molecule has 0 bridgehead atoms. The fourth-order valence-corrected chi connectivity index (χ4v) is 3.39. The van der Waals surface area contributed by atoms with Crippen molar-refractivity contribution in [2.45, 2.75) is 26.4 Å². The van der Waals surface area contributed by atoms with Crippen LogP contribution in [0.4, 0.5) is 23.7 Å². The summed E-state index contributed by atoms with van der Waals surface area (Å²) in [6, 6.07) is 8.03. The number of piperidine rings is 1. The molecule has 1 aromatic carbocycles. The molecule has 1 aromatic heterocycles. The third kappa shape index (κ3) is 4.71. The van der Waals surface area contributed by atoms with Crippen LogP contribution in [0.1, 0.15) is 20.3 Å². The van der Waals surface area contributed by atoms with Crippen molar-refractivity contribution in [3.05, 3.63) is 42.7 Å². The van der Waals surface area contributed by atoms with Crippen LogP contribution in [0.15, 0.2) is 42.7 Å². The molecule has 28 heavy (non-hydrogen) atoms. The number of likely N-dealkylation sites (tertiary alicyclic amines) is 1. The first kappa shape index (κ1) is 19.9. The molecule has 1 aliphatic heterocycles. The highest BCUT2D eigenvalue weighted by Crippen LogP contribution is 2.45. The Balaban J connectivity index is 1.59. The number of hydrogen-bond acceptors (Lipinski definition) is 4. The van der Waals surface area contributed by atoms with E-state index in [9.17, 15) is 18.0 Å². The number of benzene rings is 1. The molecule has 2 amide bonds. The third-order valence-electron chi connectivity index (χ3n) is 4.77. The summed E-state index contributed by atoms with van der Waals surface area (Å²) in [6.45, 7) is 3.19. The molecule has 0 aliphatic carbocycles. The van der Waals surface area contributed by atoms with Gasteiger partial charge in [-0.05, 0) is 42.2 Å². The number of urea groups is 1. The number of anilines is 1. The predicted molar refractivity (Wildman–Crippen MR) is 97.1 cm³/mol. The van der Waals surface area contributed by atoms with Gasteiger partial charge in [0.1, 0.15) is 5.75 Å². The minimum absolute atomic E-state index is 0.0373. The number of hydrogen-bond donors (Lipinski definition) is 1. The van der Waals surface area contributed by atoms with E-state index in [2.05, 4.69) is 15.3 Å². The van der Waals surface area contributed by atoms with E-state index in [1.807, 2.05) is 0 Å². The van der Waals surface area contributed by atoms with Crippen molar-refractivity contribution in [3.8, 4) is 11.8 Å². The van der Waals surface area contributed by atoms with Crippen molar-refractivity contribution < 1.29 is 22.7 Å². The van der Waals surface area contributed by atoms with E-state index < -0.39 is 23.5 Å². The Morgan fingerprint density at radius 2 is 1.86 bits per heavy atom. The van der Waals surface area contributed by atoms with Crippen LogP contribution in [0.25, 0.3) is 0 Å². The van der Waals surface area contributed by atoms with Crippen LogP contribution in [-0.2, 0) is 0 Å². The standard InChI is InChI=1S/C19H21F3N4O2/c1-18(2)12-26(11-8-15(18)19(20,21)22)17(27)25-13-4-6-14(7-5-13)28-16-23-9-3-10-24-16/h3-7,9-10,15H,8,11-12H2,1-2H3,(H,25,27)/t15-/m0/s1. The molecule has 3 rings (SSSR count). The van der Waals surface area contributed by atoms with Crippen molar-refractivity contribution in [1.29, 1.82) is 0 Å². The van der Waals surface area contributed by atoms with Crippen molar-refractivity contribution in [2.75, 3.05) is 18.4 Å². The number of carbonyl (C=O) groups is 1. The van der Waals surface area contributed by atoms with Crippen molar-refractivity contribution in [1.82, 2.24) is 14.9 Å². The van der Waals surface area contributed by atoms with Crippen molar-refractivity contribution in [3.63, 3.8) is 0 Å². The van der Waals surface area contributed by atoms with E-state index in [1.54, 1.807) is 56.6 Å². The minimum Gasteiger partial charge on any atom is -0.424 e. The highest BCUT2D eigenvalue weighted by molar-refractivity contribution is 5.89. The SMILES string of the molecule is CC1(C)CN(C(=O)Nc2ccc(Oc3ncccn3)cc2)CC[C@@H]1C(F)(F)F. The summed E-state index contributed by atoms with van der Waals surface area (Å²) in [6.07, 6.45) is -1.25. The number of halogens is 3. The van der Waals surface area contributed by atoms with Crippen molar-refractivity contribution in [2.24, 2.45) is 11.3 Å². The lowest BCUT2D eigenvalue weighted by molar-refractivity contribution is -0.214. The van der Waals surface area contributed by atoms with Gasteiger partial charge in [0.25, 0.3) is 0 Å². The highest BCUT2D eigenvalue weighted by atomic mass is 19.4. The monoisotopic (exact) mass is 394 g/mol. The molecular weight excluding hydrogens is 373 g/mol. The molecule has 1 aliphatic rings. The molecule has 9 heteroatoms. The average molecular weight is 394 g/mol. The number of aromatic nitrogens is 2. The number of rotatable bonds is 3. The number of nitrogens with one attached hydrogen (secondary N) is 1. The van der Waals surface area contributed by atoms with Crippen LogP contribution in [0.2, 0.25) is 0 Å². The smallest absolute Gasteiger partial charge is 0.392 e. The highest BCUT2D eigenvalue weighted by Gasteiger charge is 2.51. The molecule has 1 atom stereocenters. The molecule has 1 fully saturated rings. The van der Waals surface area contributed by atoms with Gasteiger partial charge in [-0.15, -0.1) is 0 Å². The third-order valence-corrected chi connectivity index (χ3v) is 4.77. The number of ether oxygens (including phenoxy) is 1. The zero-order valence-electron chi connectivity index (χ0n) is 15.5. The fraction of sp³-hybridized carbons (Fsp3) is 0.421. The second kappa shape index (κ2) is 7.65. The molecule has 150 valence electrons. The molecule has 2 heterocycles. The van der Waals surface area contributed by atoms with E-state index in [4.69, 9.17) is 4.74 Å². The molecule has 0 saturated carbocycles. The Morgan fingerprint density at radius 3 is 2.43 bits per heavy atom. The molecule has 0 unspecified atom stereocenters. The number of carbonyl (C=O) groups excluding carboxylic acids is 1. The van der Waals surface area contributed by atoms with Gasteiger partial charge in [-0.25, -0.2) is 14.8 Å². The lowest BCUT2D eigenvalue weighted by atomic mass is 9.73. The van der Waals surface area contributed by atoms with Gasteiger partial charge in [0.05, 0.1) is 5.92 Å². The van der Waals surface area contributed by atoms with Crippen LogP contribution >= 0.6 is 0 Å². The van der Waals surface area contributed by atoms with Crippen molar-refractivity contribution >= 4 is 11.7 Å². The van der Waals surface area contributed by atoms with Crippen LogP contribution in [0.3, 0.4) is 0 Å². The maximum absolute atomic E-state index is 13.2. The predicted octanol–water partition coefficient (Wildman–Crippen LogP) is 4.71. The van der Waals surface area contributed by atoms with Crippen LogP contribution in [-0.4, -0.2) is 40.2 Å². The Kier molecular flexibility index (Phi) is 5.44. The molecule has 2 aromatic rings. The Morgan fingerprint density at radius 1 is 1.21 bits per heavy atom. The Labute approximate surface area is 160 Å². The van der Waals surface area contributed by atoms with Gasteiger partial charge >= 0.3 is 18.2 Å². The van der Waals surface area contributed by atoms with Gasteiger partial charge in [0, 0.05) is 31.2 Å². The van der Waals surface area contributed by atoms with E-state index in [0.717, 1.165) is 0 Å². The van der Waals surface area contributed by atoms with Gasteiger partial charge in [-0.3, -0.25) is 0 Å². The average Bonchev–Trinajstić information content (AvgIpc) is 2.62. The van der Waals surface area contributed by atoms with E-state index in [-0.39, 0.29) is 25.5 Å². The van der Waals surface area contributed by atoms with Crippen LogP contribution in [0.5, 0.6) is 11.8 Å². The maximum Gasteiger partial charge on any atom is 0.392 e.